The Morgan fingerprint density at radius 1 is 1.18 bits per heavy atom. The van der Waals surface area contributed by atoms with Gasteiger partial charge in [0.05, 0.1) is 23.7 Å². The molecule has 1 atom stereocenters. The minimum absolute atomic E-state index is 0.104. The largest absolute Gasteiger partial charge is 0.507 e. The minimum Gasteiger partial charge on any atom is -0.507 e. The first kappa shape index (κ1) is 21.2. The van der Waals surface area contributed by atoms with Crippen molar-refractivity contribution in [2.45, 2.75) is 6.04 Å². The lowest BCUT2D eigenvalue weighted by Gasteiger charge is -2.23. The molecule has 1 fully saturated rings. The molecule has 1 N–H and O–H groups in total. The maximum atomic E-state index is 13.1. The molecule has 11 heteroatoms. The van der Waals surface area contributed by atoms with Crippen LogP contribution in [-0.4, -0.2) is 47.3 Å². The van der Waals surface area contributed by atoms with E-state index in [1.54, 1.807) is 36.4 Å². The summed E-state index contributed by atoms with van der Waals surface area (Å²) in [5, 5.41) is 19.5. The Hall–Kier alpha value is -3.63. The Morgan fingerprint density at radius 3 is 2.67 bits per heavy atom. The third-order valence-corrected chi connectivity index (χ3v) is 6.29. The van der Waals surface area contributed by atoms with E-state index in [1.807, 2.05) is 0 Å². The van der Waals surface area contributed by atoms with Crippen LogP contribution in [0.1, 0.15) is 17.2 Å². The quantitative estimate of drug-likeness (QED) is 0.339. The fourth-order valence-electron chi connectivity index (χ4n) is 3.82. The SMILES string of the molecule is COc1ccc(C2/C(=C(\O)c3ccc4c(c3)OCCO4)C(=O)C(=O)N2c2nncs2)cc1Cl. The molecular formula is C22H16ClN3O6S. The number of nitrogens with zero attached hydrogens (tertiary/aromatic N) is 3. The van der Waals surface area contributed by atoms with Gasteiger partial charge in [0, 0.05) is 5.56 Å². The third-order valence-electron chi connectivity index (χ3n) is 5.31. The topological polar surface area (TPSA) is 111 Å². The second-order valence-corrected chi connectivity index (χ2v) is 8.36. The summed E-state index contributed by atoms with van der Waals surface area (Å²) in [5.41, 5.74) is 2.15. The summed E-state index contributed by atoms with van der Waals surface area (Å²) in [6.45, 7) is 0.784. The number of hydrogen-bond donors (Lipinski definition) is 1. The van der Waals surface area contributed by atoms with E-state index < -0.39 is 17.7 Å². The Kier molecular flexibility index (Phi) is 5.39. The first-order chi connectivity index (χ1) is 16.0. The first-order valence-corrected chi connectivity index (χ1v) is 11.1. The summed E-state index contributed by atoms with van der Waals surface area (Å²) < 4.78 is 16.3. The summed E-state index contributed by atoms with van der Waals surface area (Å²) in [6, 6.07) is 8.72. The summed E-state index contributed by atoms with van der Waals surface area (Å²) >= 11 is 7.43. The van der Waals surface area contributed by atoms with Crippen molar-refractivity contribution in [2.24, 2.45) is 0 Å². The molecule has 2 aromatic carbocycles. The van der Waals surface area contributed by atoms with Crippen molar-refractivity contribution >= 4 is 45.5 Å². The van der Waals surface area contributed by atoms with Gasteiger partial charge in [-0.3, -0.25) is 14.5 Å². The van der Waals surface area contributed by atoms with Crippen molar-refractivity contribution in [1.82, 2.24) is 10.2 Å². The maximum absolute atomic E-state index is 13.1. The van der Waals surface area contributed by atoms with Crippen molar-refractivity contribution in [3.05, 3.63) is 63.6 Å². The Bertz CT molecular complexity index is 1290. The van der Waals surface area contributed by atoms with Gasteiger partial charge in [-0.2, -0.15) is 0 Å². The van der Waals surface area contributed by atoms with Crippen LogP contribution in [0.4, 0.5) is 5.13 Å². The highest BCUT2D eigenvalue weighted by molar-refractivity contribution is 7.13. The van der Waals surface area contributed by atoms with Crippen LogP contribution in [0.5, 0.6) is 17.2 Å². The molecule has 1 aromatic heterocycles. The predicted octanol–water partition coefficient (Wildman–Crippen LogP) is 3.60. The minimum atomic E-state index is -0.977. The number of benzene rings is 2. The number of rotatable bonds is 4. The van der Waals surface area contributed by atoms with Gasteiger partial charge in [-0.15, -0.1) is 10.2 Å². The van der Waals surface area contributed by atoms with Crippen LogP contribution in [0.25, 0.3) is 5.76 Å². The molecule has 1 saturated heterocycles. The van der Waals surface area contributed by atoms with Gasteiger partial charge >= 0.3 is 5.91 Å². The zero-order valence-electron chi connectivity index (χ0n) is 17.1. The molecule has 0 aliphatic carbocycles. The number of halogens is 1. The molecule has 5 rings (SSSR count). The number of aliphatic hydroxyl groups is 1. The molecule has 0 spiro atoms. The van der Waals surface area contributed by atoms with E-state index in [-0.39, 0.29) is 21.5 Å². The van der Waals surface area contributed by atoms with Crippen molar-refractivity contribution in [2.75, 3.05) is 25.2 Å². The maximum Gasteiger partial charge on any atom is 0.301 e. The van der Waals surface area contributed by atoms with Crippen LogP contribution in [0.3, 0.4) is 0 Å². The lowest BCUT2D eigenvalue weighted by molar-refractivity contribution is -0.132. The Balaban J connectivity index is 1.69. The zero-order valence-corrected chi connectivity index (χ0v) is 18.7. The molecule has 3 heterocycles. The molecule has 3 aromatic rings. The van der Waals surface area contributed by atoms with Crippen molar-refractivity contribution in [1.29, 1.82) is 0 Å². The van der Waals surface area contributed by atoms with Gasteiger partial charge in [-0.05, 0) is 35.9 Å². The molecule has 168 valence electrons. The van der Waals surface area contributed by atoms with Crippen LogP contribution in [0.2, 0.25) is 5.02 Å². The van der Waals surface area contributed by atoms with E-state index in [2.05, 4.69) is 10.2 Å². The smallest absolute Gasteiger partial charge is 0.301 e. The standard InChI is InChI=1S/C22H16ClN3O6S/c1-30-14-4-2-11(8-13(14)23)18-17(20(28)21(29)26(18)22-25-24-10-33-22)19(27)12-3-5-15-16(9-12)32-7-6-31-15/h2-5,8-10,18,27H,6-7H2,1H3/b19-17+. The molecule has 9 nitrogen and oxygen atoms in total. The average Bonchev–Trinajstić information content (AvgIpc) is 3.45. The number of aliphatic hydroxyl groups excluding tert-OH is 1. The molecule has 1 unspecified atom stereocenters. The lowest BCUT2D eigenvalue weighted by atomic mass is 9.95. The number of Topliss-reactive ketones (excluding diaryl/α,β-unsaturated/α-hetero) is 1. The van der Waals surface area contributed by atoms with Crippen molar-refractivity contribution < 1.29 is 28.9 Å². The first-order valence-electron chi connectivity index (χ1n) is 9.80. The van der Waals surface area contributed by atoms with Gasteiger partial charge in [0.15, 0.2) is 11.5 Å². The number of methoxy groups -OCH3 is 1. The molecule has 0 bridgehead atoms. The Morgan fingerprint density at radius 2 is 1.97 bits per heavy atom. The van der Waals surface area contributed by atoms with E-state index in [1.165, 1.54) is 17.5 Å². The highest BCUT2D eigenvalue weighted by Crippen LogP contribution is 2.44. The molecule has 1 amide bonds. The van der Waals surface area contributed by atoms with Crippen LogP contribution in [0.15, 0.2) is 47.5 Å². The second-order valence-electron chi connectivity index (χ2n) is 7.14. The molecule has 2 aliphatic rings. The number of ketones is 1. The number of amides is 1. The fraction of sp³-hybridized carbons (Fsp3) is 0.182. The molecule has 2 aliphatic heterocycles. The normalized spacial score (nSPS) is 19.1. The van der Waals surface area contributed by atoms with Crippen molar-refractivity contribution in [3.8, 4) is 17.2 Å². The number of hydrogen-bond acceptors (Lipinski definition) is 9. The van der Waals surface area contributed by atoms with Gasteiger partial charge < -0.3 is 19.3 Å². The fourth-order valence-corrected chi connectivity index (χ4v) is 4.67. The highest BCUT2D eigenvalue weighted by Gasteiger charge is 2.48. The Labute approximate surface area is 196 Å². The highest BCUT2D eigenvalue weighted by atomic mass is 35.5. The van der Waals surface area contributed by atoms with Gasteiger partial charge in [0.25, 0.3) is 5.78 Å². The van der Waals surface area contributed by atoms with Crippen LogP contribution < -0.4 is 19.1 Å². The predicted molar refractivity (Wildman–Crippen MR) is 120 cm³/mol. The number of fused-ring (bicyclic) bond motifs is 1. The van der Waals surface area contributed by atoms with Crippen molar-refractivity contribution in [3.63, 3.8) is 0 Å². The van der Waals surface area contributed by atoms with E-state index in [4.69, 9.17) is 25.8 Å². The summed E-state index contributed by atoms with van der Waals surface area (Å²) in [5.74, 6) is -0.634. The summed E-state index contributed by atoms with van der Waals surface area (Å²) in [7, 11) is 1.48. The third kappa shape index (κ3) is 3.57. The molecule has 33 heavy (non-hydrogen) atoms. The molecular weight excluding hydrogens is 470 g/mol. The van der Waals surface area contributed by atoms with Crippen LogP contribution in [-0.2, 0) is 9.59 Å². The molecule has 0 radical (unpaired) electrons. The molecule has 0 saturated carbocycles. The number of ether oxygens (including phenoxy) is 3. The lowest BCUT2D eigenvalue weighted by Crippen LogP contribution is -2.29. The average molecular weight is 486 g/mol. The van der Waals surface area contributed by atoms with E-state index in [0.717, 1.165) is 11.3 Å². The summed E-state index contributed by atoms with van der Waals surface area (Å²) in [4.78, 5) is 27.4. The van der Waals surface area contributed by atoms with E-state index >= 15 is 0 Å². The van der Waals surface area contributed by atoms with Gasteiger partial charge in [-0.1, -0.05) is 29.0 Å². The van der Waals surface area contributed by atoms with Gasteiger partial charge in [0.1, 0.15) is 30.2 Å². The summed E-state index contributed by atoms with van der Waals surface area (Å²) in [6.07, 6.45) is 0. The van der Waals surface area contributed by atoms with E-state index in [9.17, 15) is 14.7 Å². The number of aromatic nitrogens is 2. The van der Waals surface area contributed by atoms with Crippen LogP contribution >= 0.6 is 22.9 Å². The second kappa shape index (κ2) is 8.38. The zero-order chi connectivity index (χ0) is 23.1. The van der Waals surface area contributed by atoms with E-state index in [0.29, 0.717) is 41.6 Å². The number of carbonyl (C=O) groups excluding carboxylic acids is 2. The van der Waals surface area contributed by atoms with Crippen LogP contribution in [0, 0.1) is 0 Å². The monoisotopic (exact) mass is 485 g/mol. The van der Waals surface area contributed by atoms with Gasteiger partial charge in [0.2, 0.25) is 5.13 Å². The number of carbonyl (C=O) groups is 2. The van der Waals surface area contributed by atoms with Gasteiger partial charge in [-0.25, -0.2) is 0 Å². The number of anilines is 1.